The second kappa shape index (κ2) is 7.50. The van der Waals surface area contributed by atoms with Gasteiger partial charge in [0.15, 0.2) is 17.3 Å². The number of aromatic hydroxyl groups is 1. The van der Waals surface area contributed by atoms with Crippen molar-refractivity contribution in [2.75, 3.05) is 21.2 Å². The van der Waals surface area contributed by atoms with Crippen molar-refractivity contribution in [1.29, 1.82) is 0 Å². The van der Waals surface area contributed by atoms with E-state index in [1.54, 1.807) is 18.2 Å². The van der Waals surface area contributed by atoms with Crippen LogP contribution in [0, 0.1) is 0 Å². The van der Waals surface area contributed by atoms with Crippen LogP contribution in [0.25, 0.3) is 6.08 Å². The van der Waals surface area contributed by atoms with Gasteiger partial charge in [-0.3, -0.25) is 4.79 Å². The highest BCUT2D eigenvalue weighted by Gasteiger charge is 2.17. The Kier molecular flexibility index (Phi) is 5.61. The summed E-state index contributed by atoms with van der Waals surface area (Å²) in [4.78, 5) is 12.3. The lowest BCUT2D eigenvalue weighted by molar-refractivity contribution is 0.104. The molecule has 0 fully saturated rings. The Morgan fingerprint density at radius 1 is 1.12 bits per heavy atom. The molecule has 1 N–H and O–H groups in total. The summed E-state index contributed by atoms with van der Waals surface area (Å²) in [5.74, 6) is 0.0561. The highest BCUT2D eigenvalue weighted by molar-refractivity contribution is 7.89. The molecule has 0 unspecified atom stereocenters. The average Bonchev–Trinajstić information content (AvgIpc) is 2.59. The van der Waals surface area contributed by atoms with Crippen LogP contribution in [-0.4, -0.2) is 44.8 Å². The van der Waals surface area contributed by atoms with E-state index < -0.39 is 10.0 Å². The van der Waals surface area contributed by atoms with Crippen molar-refractivity contribution in [3.63, 3.8) is 0 Å². The molecule has 2 rings (SSSR count). The molecule has 2 aromatic carbocycles. The first kappa shape index (κ1) is 18.7. The Morgan fingerprint density at radius 3 is 2.28 bits per heavy atom. The minimum atomic E-state index is -3.52. The van der Waals surface area contributed by atoms with Gasteiger partial charge in [0.05, 0.1) is 12.0 Å². The van der Waals surface area contributed by atoms with Crippen molar-refractivity contribution in [3.05, 3.63) is 59.7 Å². The lowest BCUT2D eigenvalue weighted by Crippen LogP contribution is -2.22. The second-order valence-corrected chi connectivity index (χ2v) is 7.59. The van der Waals surface area contributed by atoms with Crippen molar-refractivity contribution in [2.24, 2.45) is 0 Å². The van der Waals surface area contributed by atoms with Crippen molar-refractivity contribution in [3.8, 4) is 11.5 Å². The summed E-state index contributed by atoms with van der Waals surface area (Å²) >= 11 is 0. The molecule has 0 saturated carbocycles. The SMILES string of the molecule is COc1ccc(C=CC(=O)c2ccc(S(=O)(=O)N(C)C)cc2)cc1O. The zero-order valence-corrected chi connectivity index (χ0v) is 14.9. The topological polar surface area (TPSA) is 83.9 Å². The molecule has 0 spiro atoms. The zero-order chi connectivity index (χ0) is 18.6. The molecule has 0 radical (unpaired) electrons. The van der Waals surface area contributed by atoms with Crippen LogP contribution in [0.3, 0.4) is 0 Å². The smallest absolute Gasteiger partial charge is 0.242 e. The van der Waals surface area contributed by atoms with E-state index >= 15 is 0 Å². The van der Waals surface area contributed by atoms with E-state index in [1.165, 1.54) is 57.6 Å². The van der Waals surface area contributed by atoms with Crippen molar-refractivity contribution in [2.45, 2.75) is 4.90 Å². The summed E-state index contributed by atoms with van der Waals surface area (Å²) < 4.78 is 30.1. The maximum Gasteiger partial charge on any atom is 0.242 e. The normalized spacial score (nSPS) is 11.8. The fourth-order valence-corrected chi connectivity index (χ4v) is 2.98. The van der Waals surface area contributed by atoms with E-state index in [2.05, 4.69) is 0 Å². The number of rotatable bonds is 6. The fourth-order valence-electron chi connectivity index (χ4n) is 2.08. The van der Waals surface area contributed by atoms with Gasteiger partial charge in [0.25, 0.3) is 0 Å². The van der Waals surface area contributed by atoms with Gasteiger partial charge in [0, 0.05) is 19.7 Å². The van der Waals surface area contributed by atoms with E-state index in [4.69, 9.17) is 4.74 Å². The van der Waals surface area contributed by atoms with E-state index in [0.717, 1.165) is 4.31 Å². The number of sulfonamides is 1. The van der Waals surface area contributed by atoms with Gasteiger partial charge in [-0.1, -0.05) is 12.1 Å². The standard InChI is InChI=1S/C18H19NO5S/c1-19(2)25(22,23)15-8-6-14(7-9-15)16(20)10-4-13-5-11-18(24-3)17(21)12-13/h4-12,21H,1-3H3. The highest BCUT2D eigenvalue weighted by Crippen LogP contribution is 2.26. The minimum absolute atomic E-state index is 0.0182. The van der Waals surface area contributed by atoms with Gasteiger partial charge in [-0.2, -0.15) is 0 Å². The molecule has 0 aliphatic heterocycles. The number of phenols is 1. The predicted octanol–water partition coefficient (Wildman–Crippen LogP) is 2.55. The maximum atomic E-state index is 12.2. The van der Waals surface area contributed by atoms with Gasteiger partial charge in [0.1, 0.15) is 0 Å². The lowest BCUT2D eigenvalue weighted by atomic mass is 10.1. The van der Waals surface area contributed by atoms with E-state index in [0.29, 0.717) is 16.9 Å². The summed E-state index contributed by atoms with van der Waals surface area (Å²) in [6.45, 7) is 0. The van der Waals surface area contributed by atoms with E-state index in [-0.39, 0.29) is 16.4 Å². The first-order valence-corrected chi connectivity index (χ1v) is 8.81. The van der Waals surface area contributed by atoms with Crippen LogP contribution in [0.15, 0.2) is 53.4 Å². The van der Waals surface area contributed by atoms with Crippen molar-refractivity contribution < 1.29 is 23.1 Å². The Labute approximate surface area is 147 Å². The number of carbonyl (C=O) groups is 1. The summed E-state index contributed by atoms with van der Waals surface area (Å²) in [5.41, 5.74) is 1.00. The van der Waals surface area contributed by atoms with Crippen LogP contribution in [0.2, 0.25) is 0 Å². The molecule has 0 aromatic heterocycles. The number of allylic oxidation sites excluding steroid dienone is 1. The molecule has 132 valence electrons. The molecule has 0 heterocycles. The molecular formula is C18H19NO5S. The van der Waals surface area contributed by atoms with Gasteiger partial charge >= 0.3 is 0 Å². The van der Waals surface area contributed by atoms with Crippen LogP contribution >= 0.6 is 0 Å². The molecule has 0 atom stereocenters. The number of hydrogen-bond acceptors (Lipinski definition) is 5. The number of ether oxygens (including phenoxy) is 1. The second-order valence-electron chi connectivity index (χ2n) is 5.44. The third kappa shape index (κ3) is 4.26. The molecule has 0 aliphatic rings. The number of nitrogens with zero attached hydrogens (tertiary/aromatic N) is 1. The zero-order valence-electron chi connectivity index (χ0n) is 14.1. The average molecular weight is 361 g/mol. The molecule has 0 aliphatic carbocycles. The Morgan fingerprint density at radius 2 is 1.76 bits per heavy atom. The summed E-state index contributed by atoms with van der Waals surface area (Å²) in [6, 6.07) is 10.5. The number of hydrogen-bond donors (Lipinski definition) is 1. The third-order valence-corrected chi connectivity index (χ3v) is 5.38. The van der Waals surface area contributed by atoms with Crippen LogP contribution in [-0.2, 0) is 10.0 Å². The minimum Gasteiger partial charge on any atom is -0.504 e. The quantitative estimate of drug-likeness (QED) is 0.631. The first-order chi connectivity index (χ1) is 11.8. The Hall–Kier alpha value is -2.64. The van der Waals surface area contributed by atoms with E-state index in [1.807, 2.05) is 0 Å². The molecular weight excluding hydrogens is 342 g/mol. The Bertz CT molecular complexity index is 900. The largest absolute Gasteiger partial charge is 0.504 e. The molecule has 6 nitrogen and oxygen atoms in total. The number of methoxy groups -OCH3 is 1. The van der Waals surface area contributed by atoms with Gasteiger partial charge in [-0.05, 0) is 48.0 Å². The van der Waals surface area contributed by atoms with E-state index in [9.17, 15) is 18.3 Å². The molecule has 0 amide bonds. The lowest BCUT2D eigenvalue weighted by Gasteiger charge is -2.11. The molecule has 0 bridgehead atoms. The molecule has 25 heavy (non-hydrogen) atoms. The summed E-state index contributed by atoms with van der Waals surface area (Å²) in [6.07, 6.45) is 2.92. The Balaban J connectivity index is 2.17. The van der Waals surface area contributed by atoms with Gasteiger partial charge in [-0.25, -0.2) is 12.7 Å². The summed E-state index contributed by atoms with van der Waals surface area (Å²) in [7, 11) is 0.823. The number of benzene rings is 2. The highest BCUT2D eigenvalue weighted by atomic mass is 32.2. The van der Waals surface area contributed by atoms with Crippen LogP contribution in [0.4, 0.5) is 0 Å². The molecule has 7 heteroatoms. The van der Waals surface area contributed by atoms with Crippen molar-refractivity contribution in [1.82, 2.24) is 4.31 Å². The number of ketones is 1. The number of carbonyl (C=O) groups excluding carboxylic acids is 1. The summed E-state index contributed by atoms with van der Waals surface area (Å²) in [5, 5.41) is 9.72. The fraction of sp³-hybridized carbons (Fsp3) is 0.167. The van der Waals surface area contributed by atoms with Crippen LogP contribution in [0.5, 0.6) is 11.5 Å². The molecule has 0 saturated heterocycles. The van der Waals surface area contributed by atoms with Crippen LogP contribution in [0.1, 0.15) is 15.9 Å². The monoisotopic (exact) mass is 361 g/mol. The number of phenolic OH excluding ortho intramolecular Hbond substituents is 1. The molecule has 2 aromatic rings. The van der Waals surface area contributed by atoms with Gasteiger partial charge < -0.3 is 9.84 Å². The maximum absolute atomic E-state index is 12.2. The van der Waals surface area contributed by atoms with Gasteiger partial charge in [-0.15, -0.1) is 0 Å². The third-order valence-electron chi connectivity index (χ3n) is 3.55. The van der Waals surface area contributed by atoms with Crippen LogP contribution < -0.4 is 4.74 Å². The van der Waals surface area contributed by atoms with Gasteiger partial charge in [0.2, 0.25) is 10.0 Å². The first-order valence-electron chi connectivity index (χ1n) is 7.37. The van der Waals surface area contributed by atoms with Crippen molar-refractivity contribution >= 4 is 21.9 Å². The predicted molar refractivity (Wildman–Crippen MR) is 95.3 cm³/mol.